The average molecular weight is 405 g/mol. The van der Waals surface area contributed by atoms with Crippen molar-refractivity contribution in [1.82, 2.24) is 15.0 Å². The molecule has 7 nitrogen and oxygen atoms in total. The Morgan fingerprint density at radius 2 is 1.83 bits per heavy atom. The van der Waals surface area contributed by atoms with E-state index in [1.54, 1.807) is 0 Å². The van der Waals surface area contributed by atoms with Crippen molar-refractivity contribution in [1.29, 1.82) is 0 Å². The van der Waals surface area contributed by atoms with Gasteiger partial charge >= 0.3 is 0 Å². The van der Waals surface area contributed by atoms with Crippen LogP contribution in [0.25, 0.3) is 11.4 Å². The van der Waals surface area contributed by atoms with Crippen LogP contribution in [0.15, 0.2) is 47.0 Å². The lowest BCUT2D eigenvalue weighted by molar-refractivity contribution is 0.0704. The summed E-state index contributed by atoms with van der Waals surface area (Å²) in [6.07, 6.45) is 2.58. The molecule has 1 amide bonds. The summed E-state index contributed by atoms with van der Waals surface area (Å²) in [6.45, 7) is 3.70. The number of amides is 1. The number of aromatic nitrogens is 2. The summed E-state index contributed by atoms with van der Waals surface area (Å²) in [5, 5.41) is 4.14. The number of ether oxygens (including phenoxy) is 2. The monoisotopic (exact) mass is 405 g/mol. The van der Waals surface area contributed by atoms with E-state index in [1.807, 2.05) is 47.4 Å². The third kappa shape index (κ3) is 3.51. The molecule has 1 fully saturated rings. The van der Waals surface area contributed by atoms with Crippen molar-refractivity contribution < 1.29 is 18.8 Å². The lowest BCUT2D eigenvalue weighted by Gasteiger charge is -2.30. The first-order valence-electron chi connectivity index (χ1n) is 10.3. The minimum atomic E-state index is 0.0858. The molecule has 0 bridgehead atoms. The first-order valence-corrected chi connectivity index (χ1v) is 10.3. The third-order valence-corrected chi connectivity index (χ3v) is 5.81. The maximum absolute atomic E-state index is 12.8. The minimum Gasteiger partial charge on any atom is -0.454 e. The van der Waals surface area contributed by atoms with Crippen LogP contribution < -0.4 is 9.47 Å². The fourth-order valence-electron chi connectivity index (χ4n) is 3.95. The van der Waals surface area contributed by atoms with Crippen LogP contribution in [0.3, 0.4) is 0 Å². The molecule has 3 aromatic rings. The van der Waals surface area contributed by atoms with E-state index in [9.17, 15) is 4.79 Å². The number of hydrogen-bond donors (Lipinski definition) is 0. The summed E-state index contributed by atoms with van der Waals surface area (Å²) in [5.74, 6) is 2.83. The van der Waals surface area contributed by atoms with Crippen molar-refractivity contribution in [3.63, 3.8) is 0 Å². The lowest BCUT2D eigenvalue weighted by Crippen LogP contribution is -2.38. The second kappa shape index (κ2) is 7.82. The lowest BCUT2D eigenvalue weighted by atomic mass is 9.96. The van der Waals surface area contributed by atoms with Gasteiger partial charge in [-0.05, 0) is 55.2 Å². The summed E-state index contributed by atoms with van der Waals surface area (Å²) in [7, 11) is 0. The van der Waals surface area contributed by atoms with E-state index >= 15 is 0 Å². The van der Waals surface area contributed by atoms with Crippen molar-refractivity contribution in [3.05, 3.63) is 59.5 Å². The van der Waals surface area contributed by atoms with Gasteiger partial charge in [-0.2, -0.15) is 4.98 Å². The third-order valence-electron chi connectivity index (χ3n) is 5.81. The van der Waals surface area contributed by atoms with Gasteiger partial charge in [0.2, 0.25) is 18.5 Å². The van der Waals surface area contributed by atoms with Crippen LogP contribution in [0.1, 0.15) is 47.5 Å². The molecule has 0 atom stereocenters. The molecule has 0 spiro atoms. The fourth-order valence-corrected chi connectivity index (χ4v) is 3.95. The number of benzene rings is 2. The summed E-state index contributed by atoms with van der Waals surface area (Å²) in [6, 6.07) is 13.5. The van der Waals surface area contributed by atoms with Gasteiger partial charge in [-0.15, -0.1) is 0 Å². The number of likely N-dealkylation sites (tertiary alicyclic amines) is 1. The van der Waals surface area contributed by atoms with Gasteiger partial charge in [0, 0.05) is 30.1 Å². The molecule has 0 aliphatic carbocycles. The van der Waals surface area contributed by atoms with Gasteiger partial charge in [-0.25, -0.2) is 0 Å². The average Bonchev–Trinajstić information content (AvgIpc) is 3.48. The second-order valence-electron chi connectivity index (χ2n) is 7.64. The molecule has 3 heterocycles. The smallest absolute Gasteiger partial charge is 0.253 e. The summed E-state index contributed by atoms with van der Waals surface area (Å²) < 4.78 is 16.3. The van der Waals surface area contributed by atoms with Crippen molar-refractivity contribution in [2.45, 2.75) is 32.1 Å². The van der Waals surface area contributed by atoms with E-state index in [4.69, 9.17) is 14.0 Å². The van der Waals surface area contributed by atoms with E-state index in [0.717, 1.165) is 36.1 Å². The van der Waals surface area contributed by atoms with Crippen molar-refractivity contribution in [2.24, 2.45) is 0 Å². The van der Waals surface area contributed by atoms with Gasteiger partial charge in [-0.1, -0.05) is 24.2 Å². The maximum atomic E-state index is 12.8. The van der Waals surface area contributed by atoms with Gasteiger partial charge in [-0.3, -0.25) is 4.79 Å². The minimum absolute atomic E-state index is 0.0858. The molecule has 2 aliphatic rings. The van der Waals surface area contributed by atoms with Crippen LogP contribution in [0.5, 0.6) is 11.5 Å². The molecule has 0 radical (unpaired) electrons. The highest BCUT2D eigenvalue weighted by Crippen LogP contribution is 2.36. The molecule has 154 valence electrons. The molecule has 0 N–H and O–H groups in total. The van der Waals surface area contributed by atoms with Crippen molar-refractivity contribution >= 4 is 5.91 Å². The molecule has 1 saturated heterocycles. The Labute approximate surface area is 174 Å². The van der Waals surface area contributed by atoms with Gasteiger partial charge in [0.15, 0.2) is 11.5 Å². The number of rotatable bonds is 4. The number of aryl methyl sites for hydroxylation is 1. The van der Waals surface area contributed by atoms with E-state index in [2.05, 4.69) is 17.1 Å². The van der Waals surface area contributed by atoms with Crippen LogP contribution in [-0.2, 0) is 6.42 Å². The van der Waals surface area contributed by atoms with E-state index in [1.165, 1.54) is 5.56 Å². The highest BCUT2D eigenvalue weighted by Gasteiger charge is 2.28. The van der Waals surface area contributed by atoms with Gasteiger partial charge in [0.1, 0.15) is 0 Å². The molecule has 2 aliphatic heterocycles. The molecule has 5 rings (SSSR count). The quantitative estimate of drug-likeness (QED) is 0.652. The predicted molar refractivity (Wildman–Crippen MR) is 110 cm³/mol. The number of fused-ring (bicyclic) bond motifs is 1. The first kappa shape index (κ1) is 18.7. The highest BCUT2D eigenvalue weighted by molar-refractivity contribution is 5.94. The second-order valence-corrected chi connectivity index (χ2v) is 7.64. The normalized spacial score (nSPS) is 16.1. The maximum Gasteiger partial charge on any atom is 0.253 e. The fraction of sp³-hybridized carbons (Fsp3) is 0.348. The number of carbonyl (C=O) groups is 1. The highest BCUT2D eigenvalue weighted by atomic mass is 16.7. The molecular formula is C23H23N3O4. The molecule has 0 saturated carbocycles. The largest absolute Gasteiger partial charge is 0.454 e. The predicted octanol–water partition coefficient (Wildman–Crippen LogP) is 4.05. The summed E-state index contributed by atoms with van der Waals surface area (Å²) in [4.78, 5) is 19.3. The molecule has 2 aromatic carbocycles. The number of carbonyl (C=O) groups excluding carboxylic acids is 1. The molecular weight excluding hydrogens is 382 g/mol. The van der Waals surface area contributed by atoms with Crippen LogP contribution >= 0.6 is 0 Å². The van der Waals surface area contributed by atoms with Crippen molar-refractivity contribution in [2.75, 3.05) is 19.9 Å². The van der Waals surface area contributed by atoms with Gasteiger partial charge < -0.3 is 18.9 Å². The topological polar surface area (TPSA) is 77.7 Å². The number of hydrogen-bond acceptors (Lipinski definition) is 6. The Bertz CT molecular complexity index is 1050. The van der Waals surface area contributed by atoms with Crippen LogP contribution in [0, 0.1) is 0 Å². The Kier molecular flexibility index (Phi) is 4.86. The molecule has 0 unspecified atom stereocenters. The van der Waals surface area contributed by atoms with E-state index in [-0.39, 0.29) is 18.6 Å². The molecule has 7 heteroatoms. The van der Waals surface area contributed by atoms with Gasteiger partial charge in [0.05, 0.1) is 0 Å². The van der Waals surface area contributed by atoms with E-state index < -0.39 is 0 Å². The SMILES string of the molecule is CCc1ccc(C(=O)N2CCC(c3nc(-c4ccc5c(c4)OCO5)no3)CC2)cc1. The molecule has 1 aromatic heterocycles. The number of nitrogens with zero attached hydrogens (tertiary/aromatic N) is 3. The summed E-state index contributed by atoms with van der Waals surface area (Å²) in [5.41, 5.74) is 2.81. The zero-order valence-corrected chi connectivity index (χ0v) is 16.8. The summed E-state index contributed by atoms with van der Waals surface area (Å²) >= 11 is 0. The molecule has 30 heavy (non-hydrogen) atoms. The zero-order valence-electron chi connectivity index (χ0n) is 16.8. The van der Waals surface area contributed by atoms with Crippen molar-refractivity contribution in [3.8, 4) is 22.9 Å². The van der Waals surface area contributed by atoms with Crippen LogP contribution in [0.4, 0.5) is 0 Å². The zero-order chi connectivity index (χ0) is 20.5. The van der Waals surface area contributed by atoms with E-state index in [0.29, 0.717) is 30.6 Å². The van der Waals surface area contributed by atoms with Gasteiger partial charge in [0.25, 0.3) is 5.91 Å². The van der Waals surface area contributed by atoms with Crippen LogP contribution in [0.2, 0.25) is 0 Å². The Morgan fingerprint density at radius 3 is 2.60 bits per heavy atom. The Hall–Kier alpha value is -3.35. The first-order chi connectivity index (χ1) is 14.7. The standard InChI is InChI=1S/C23H23N3O4/c1-2-15-3-5-17(6-4-15)23(27)26-11-9-16(10-12-26)22-24-21(25-30-22)18-7-8-19-20(13-18)29-14-28-19/h3-8,13,16H,2,9-12,14H2,1H3. The Balaban J connectivity index is 1.23. The van der Waals surface area contributed by atoms with Crippen LogP contribution in [-0.4, -0.2) is 40.8 Å². The Morgan fingerprint density at radius 1 is 1.07 bits per heavy atom. The number of piperidine rings is 1.